The molecule has 3 aromatic rings. The van der Waals surface area contributed by atoms with Crippen LogP contribution in [0.5, 0.6) is 0 Å². The van der Waals surface area contributed by atoms with Crippen molar-refractivity contribution in [3.05, 3.63) is 30.5 Å². The fraction of sp³-hybridized carbons (Fsp3) is 0.357. The summed E-state index contributed by atoms with van der Waals surface area (Å²) in [6.45, 7) is 3.40. The highest BCUT2D eigenvalue weighted by molar-refractivity contribution is 5.86. The third-order valence-electron chi connectivity index (χ3n) is 3.34. The highest BCUT2D eigenvalue weighted by Crippen LogP contribution is 2.18. The van der Waals surface area contributed by atoms with Crippen molar-refractivity contribution in [1.82, 2.24) is 29.5 Å². The minimum atomic E-state index is -0.378. The highest BCUT2D eigenvalue weighted by atomic mass is 16.5. The Kier molecular flexibility index (Phi) is 4.18. The van der Waals surface area contributed by atoms with Gasteiger partial charge >= 0.3 is 5.97 Å². The van der Waals surface area contributed by atoms with E-state index in [1.807, 2.05) is 24.0 Å². The molecule has 0 saturated carbocycles. The van der Waals surface area contributed by atoms with Gasteiger partial charge in [-0.15, -0.1) is 0 Å². The minimum Gasteiger partial charge on any atom is -0.468 e. The fourth-order valence-corrected chi connectivity index (χ4v) is 2.21. The first-order valence-electron chi connectivity index (χ1n) is 7.13. The first kappa shape index (κ1) is 14.9. The molecule has 0 aliphatic rings. The number of nitrogens with one attached hydrogen (secondary N) is 1. The molecule has 0 saturated heterocycles. The van der Waals surface area contributed by atoms with E-state index in [9.17, 15) is 4.79 Å². The molecule has 3 heterocycles. The third-order valence-corrected chi connectivity index (χ3v) is 3.34. The summed E-state index contributed by atoms with van der Waals surface area (Å²) in [7, 11) is 1.34. The summed E-state index contributed by atoms with van der Waals surface area (Å²) in [6.07, 6.45) is 6.88. The second-order valence-corrected chi connectivity index (χ2v) is 5.05. The van der Waals surface area contributed by atoms with Gasteiger partial charge < -0.3 is 10.1 Å². The zero-order valence-corrected chi connectivity index (χ0v) is 12.9. The van der Waals surface area contributed by atoms with E-state index in [0.717, 1.165) is 17.5 Å². The van der Waals surface area contributed by atoms with Gasteiger partial charge in [-0.3, -0.25) is 9.48 Å². The standard InChI is InChI=1S/C14H17N7O2/c1-10-5-18-20(7-10)4-3-15-13-11-6-19-21(8-12(22)23-2)14(11)17-9-16-13/h5-7,9H,3-4,8H2,1-2H3,(H,15,16,17). The lowest BCUT2D eigenvalue weighted by atomic mass is 10.4. The van der Waals surface area contributed by atoms with Crippen LogP contribution in [0.1, 0.15) is 5.56 Å². The summed E-state index contributed by atoms with van der Waals surface area (Å²) in [4.78, 5) is 19.8. The van der Waals surface area contributed by atoms with Gasteiger partial charge in [-0.25, -0.2) is 14.6 Å². The fourth-order valence-electron chi connectivity index (χ4n) is 2.21. The molecule has 1 N–H and O–H groups in total. The zero-order chi connectivity index (χ0) is 16.2. The molecule has 120 valence electrons. The molecule has 23 heavy (non-hydrogen) atoms. The molecule has 0 radical (unpaired) electrons. The van der Waals surface area contributed by atoms with Crippen molar-refractivity contribution in [3.8, 4) is 0 Å². The van der Waals surface area contributed by atoms with Crippen LogP contribution in [0.25, 0.3) is 11.0 Å². The van der Waals surface area contributed by atoms with Crippen molar-refractivity contribution in [3.63, 3.8) is 0 Å². The van der Waals surface area contributed by atoms with E-state index < -0.39 is 0 Å². The Morgan fingerprint density at radius 2 is 2.17 bits per heavy atom. The van der Waals surface area contributed by atoms with Crippen molar-refractivity contribution < 1.29 is 9.53 Å². The number of anilines is 1. The number of aromatic nitrogens is 6. The van der Waals surface area contributed by atoms with Gasteiger partial charge in [0.15, 0.2) is 5.65 Å². The van der Waals surface area contributed by atoms with E-state index in [-0.39, 0.29) is 12.5 Å². The lowest BCUT2D eigenvalue weighted by Crippen LogP contribution is -2.14. The highest BCUT2D eigenvalue weighted by Gasteiger charge is 2.12. The van der Waals surface area contributed by atoms with Crippen molar-refractivity contribution in [2.45, 2.75) is 20.0 Å². The number of carbonyl (C=O) groups excluding carboxylic acids is 1. The number of hydrogen-bond donors (Lipinski definition) is 1. The average Bonchev–Trinajstić information content (AvgIpc) is 3.14. The largest absolute Gasteiger partial charge is 0.468 e. The van der Waals surface area contributed by atoms with Gasteiger partial charge in [0.1, 0.15) is 18.7 Å². The number of aryl methyl sites for hydroxylation is 1. The number of fused-ring (bicyclic) bond motifs is 1. The molecule has 3 rings (SSSR count). The van der Waals surface area contributed by atoms with Crippen LogP contribution in [-0.2, 0) is 22.6 Å². The summed E-state index contributed by atoms with van der Waals surface area (Å²) >= 11 is 0. The number of methoxy groups -OCH3 is 1. The average molecular weight is 315 g/mol. The lowest BCUT2D eigenvalue weighted by Gasteiger charge is -2.07. The van der Waals surface area contributed by atoms with Gasteiger partial charge in [-0.2, -0.15) is 10.2 Å². The van der Waals surface area contributed by atoms with Crippen LogP contribution in [-0.4, -0.2) is 49.2 Å². The molecule has 0 bridgehead atoms. The van der Waals surface area contributed by atoms with Gasteiger partial charge in [-0.05, 0) is 12.5 Å². The molecule has 0 aliphatic heterocycles. The summed E-state index contributed by atoms with van der Waals surface area (Å²) in [6, 6.07) is 0. The maximum absolute atomic E-state index is 11.4. The van der Waals surface area contributed by atoms with Crippen molar-refractivity contribution in [1.29, 1.82) is 0 Å². The first-order chi connectivity index (χ1) is 11.2. The maximum Gasteiger partial charge on any atom is 0.327 e. The lowest BCUT2D eigenvalue weighted by molar-refractivity contribution is -0.141. The van der Waals surface area contributed by atoms with Gasteiger partial charge in [0.05, 0.1) is 31.4 Å². The molecule has 0 unspecified atom stereocenters. The van der Waals surface area contributed by atoms with Crippen LogP contribution in [0.2, 0.25) is 0 Å². The van der Waals surface area contributed by atoms with E-state index in [0.29, 0.717) is 18.0 Å². The van der Waals surface area contributed by atoms with Crippen molar-refractivity contribution in [2.24, 2.45) is 0 Å². The van der Waals surface area contributed by atoms with Crippen LogP contribution < -0.4 is 5.32 Å². The summed E-state index contributed by atoms with van der Waals surface area (Å²) < 4.78 is 8.00. The topological polar surface area (TPSA) is 99.8 Å². The molecule has 9 nitrogen and oxygen atoms in total. The molecule has 0 atom stereocenters. The molecule has 0 aromatic carbocycles. The van der Waals surface area contributed by atoms with Crippen LogP contribution in [0.15, 0.2) is 24.9 Å². The zero-order valence-electron chi connectivity index (χ0n) is 12.9. The second-order valence-electron chi connectivity index (χ2n) is 5.05. The van der Waals surface area contributed by atoms with E-state index in [4.69, 9.17) is 0 Å². The van der Waals surface area contributed by atoms with Gasteiger partial charge in [-0.1, -0.05) is 0 Å². The predicted molar refractivity (Wildman–Crippen MR) is 82.8 cm³/mol. The van der Waals surface area contributed by atoms with Gasteiger partial charge in [0, 0.05) is 12.7 Å². The number of ether oxygens (including phenoxy) is 1. The quantitative estimate of drug-likeness (QED) is 0.665. The summed E-state index contributed by atoms with van der Waals surface area (Å²) in [5.74, 6) is 0.298. The molecule has 9 heteroatoms. The SMILES string of the molecule is COC(=O)Cn1ncc2c(NCCn3cc(C)cn3)ncnc21. The number of hydrogen-bond acceptors (Lipinski definition) is 7. The molecular formula is C14H17N7O2. The molecule has 0 amide bonds. The van der Waals surface area contributed by atoms with Crippen LogP contribution >= 0.6 is 0 Å². The Hall–Kier alpha value is -2.97. The minimum absolute atomic E-state index is 0.0169. The molecule has 3 aromatic heterocycles. The summed E-state index contributed by atoms with van der Waals surface area (Å²) in [5.41, 5.74) is 1.71. The van der Waals surface area contributed by atoms with E-state index in [1.165, 1.54) is 18.1 Å². The molecule has 0 fully saturated rings. The monoisotopic (exact) mass is 315 g/mol. The third kappa shape index (κ3) is 3.28. The van der Waals surface area contributed by atoms with Gasteiger partial charge in [0.25, 0.3) is 0 Å². The number of esters is 1. The van der Waals surface area contributed by atoms with E-state index >= 15 is 0 Å². The van der Waals surface area contributed by atoms with E-state index in [1.54, 1.807) is 6.20 Å². The Morgan fingerprint density at radius 3 is 2.91 bits per heavy atom. The maximum atomic E-state index is 11.4. The van der Waals surface area contributed by atoms with E-state index in [2.05, 4.69) is 30.2 Å². The Morgan fingerprint density at radius 1 is 1.30 bits per heavy atom. The van der Waals surface area contributed by atoms with Crippen molar-refractivity contribution >= 4 is 22.8 Å². The Labute approximate surface area is 132 Å². The first-order valence-corrected chi connectivity index (χ1v) is 7.13. The predicted octanol–water partition coefficient (Wildman–Crippen LogP) is 0.616. The summed E-state index contributed by atoms with van der Waals surface area (Å²) in [5, 5.41) is 12.4. The van der Waals surface area contributed by atoms with Gasteiger partial charge in [0.2, 0.25) is 0 Å². The molecule has 0 aliphatic carbocycles. The normalized spacial score (nSPS) is 10.9. The van der Waals surface area contributed by atoms with Crippen LogP contribution in [0, 0.1) is 6.92 Å². The number of rotatable bonds is 6. The molecule has 0 spiro atoms. The number of carbonyl (C=O) groups is 1. The number of nitrogens with zero attached hydrogens (tertiary/aromatic N) is 6. The van der Waals surface area contributed by atoms with Crippen molar-refractivity contribution in [2.75, 3.05) is 19.0 Å². The smallest absolute Gasteiger partial charge is 0.327 e. The van der Waals surface area contributed by atoms with Crippen LogP contribution in [0.4, 0.5) is 5.82 Å². The molecular weight excluding hydrogens is 298 g/mol. The second kappa shape index (κ2) is 6.42. The van der Waals surface area contributed by atoms with Crippen LogP contribution in [0.3, 0.4) is 0 Å². The Bertz CT molecular complexity index is 824. The Balaban J connectivity index is 1.72.